The van der Waals surface area contributed by atoms with Crippen molar-refractivity contribution in [2.24, 2.45) is 0 Å². The van der Waals surface area contributed by atoms with E-state index < -0.39 is 11.9 Å². The summed E-state index contributed by atoms with van der Waals surface area (Å²) in [5, 5.41) is 18.7. The Morgan fingerprint density at radius 3 is 1.42 bits per heavy atom. The van der Waals surface area contributed by atoms with Crippen molar-refractivity contribution in [3.8, 4) is 34.1 Å². The molecule has 38 heavy (non-hydrogen) atoms. The molecular formula is C32H24O6. The summed E-state index contributed by atoms with van der Waals surface area (Å²) in [6.45, 7) is 2.05. The maximum Gasteiger partial charge on any atom is 0.336 e. The second-order valence-electron chi connectivity index (χ2n) is 8.91. The van der Waals surface area contributed by atoms with Gasteiger partial charge in [0, 0.05) is 18.1 Å². The number of benzene rings is 4. The molecule has 0 saturated carbocycles. The third-order valence-corrected chi connectivity index (χ3v) is 6.32. The summed E-state index contributed by atoms with van der Waals surface area (Å²) < 4.78 is 11.0. The third-order valence-electron chi connectivity index (χ3n) is 6.32. The Kier molecular flexibility index (Phi) is 6.78. The average Bonchev–Trinajstić information content (AvgIpc) is 3.18. The highest BCUT2D eigenvalue weighted by atomic mass is 16.5. The van der Waals surface area contributed by atoms with Crippen LogP contribution in [0.4, 0.5) is 0 Å². The highest BCUT2D eigenvalue weighted by Crippen LogP contribution is 2.47. The largest absolute Gasteiger partial charge is 0.508 e. The molecule has 6 heteroatoms. The van der Waals surface area contributed by atoms with E-state index >= 15 is 0 Å². The predicted molar refractivity (Wildman–Crippen MR) is 145 cm³/mol. The van der Waals surface area contributed by atoms with Gasteiger partial charge in [-0.25, -0.2) is 9.59 Å². The van der Waals surface area contributed by atoms with E-state index in [2.05, 4.69) is 6.92 Å². The lowest BCUT2D eigenvalue weighted by Crippen LogP contribution is -2.04. The van der Waals surface area contributed by atoms with Gasteiger partial charge in [0.15, 0.2) is 0 Å². The van der Waals surface area contributed by atoms with Crippen LogP contribution in [0, 0.1) is 0 Å². The maximum absolute atomic E-state index is 12.3. The normalized spacial score (nSPS) is 12.4. The average molecular weight is 505 g/mol. The van der Waals surface area contributed by atoms with E-state index in [0.717, 1.165) is 33.4 Å². The lowest BCUT2D eigenvalue weighted by Gasteiger charge is -2.09. The molecule has 5 rings (SSSR count). The summed E-state index contributed by atoms with van der Waals surface area (Å²) in [6.07, 6.45) is 5.93. The topological polar surface area (TPSA) is 93.1 Å². The van der Waals surface area contributed by atoms with Gasteiger partial charge in [-0.3, -0.25) is 0 Å². The highest BCUT2D eigenvalue weighted by Gasteiger charge is 2.27. The molecule has 1 aliphatic carbocycles. The van der Waals surface area contributed by atoms with Crippen LogP contribution in [-0.2, 0) is 9.59 Å². The zero-order chi connectivity index (χ0) is 26.6. The molecule has 0 spiro atoms. The molecule has 4 aromatic carbocycles. The summed E-state index contributed by atoms with van der Waals surface area (Å²) >= 11 is 0. The van der Waals surface area contributed by atoms with Gasteiger partial charge in [0.25, 0.3) is 0 Å². The van der Waals surface area contributed by atoms with Crippen LogP contribution in [-0.4, -0.2) is 22.2 Å². The number of carbonyl (C=O) groups excluding carboxylic acids is 2. The van der Waals surface area contributed by atoms with E-state index in [-0.39, 0.29) is 17.4 Å². The minimum Gasteiger partial charge on any atom is -0.508 e. The van der Waals surface area contributed by atoms with Gasteiger partial charge in [-0.05, 0) is 94.1 Å². The van der Waals surface area contributed by atoms with Crippen molar-refractivity contribution in [3.05, 3.63) is 119 Å². The first-order valence-electron chi connectivity index (χ1n) is 12.0. The molecular weight excluding hydrogens is 480 g/mol. The van der Waals surface area contributed by atoms with Crippen LogP contribution in [0.1, 0.15) is 35.1 Å². The molecule has 2 N–H and O–H groups in total. The molecule has 0 radical (unpaired) electrons. The molecule has 0 amide bonds. The highest BCUT2D eigenvalue weighted by molar-refractivity contribution is 5.90. The molecule has 1 aliphatic rings. The number of hydrogen-bond donors (Lipinski definition) is 2. The third kappa shape index (κ3) is 5.50. The van der Waals surface area contributed by atoms with Crippen LogP contribution in [0.3, 0.4) is 0 Å². The molecule has 4 aromatic rings. The fraction of sp³-hybridized carbons (Fsp3) is 0.0625. The molecule has 0 unspecified atom stereocenters. The fourth-order valence-corrected chi connectivity index (χ4v) is 4.38. The van der Waals surface area contributed by atoms with E-state index in [4.69, 9.17) is 9.47 Å². The quantitative estimate of drug-likeness (QED) is 0.178. The standard InChI is InChI=1S/C32H24O6/c1-20-29-18-25(37-31(35)16-6-21-2-8-23(33)9-3-21)12-14-27(29)28-15-13-26(19-30(20)28)38-32(36)17-7-22-4-10-24(34)11-5-22/h2-20,33-34H,1H3/b16-6+,17-7+. The van der Waals surface area contributed by atoms with Crippen LogP contribution in [0.25, 0.3) is 23.3 Å². The van der Waals surface area contributed by atoms with Gasteiger partial charge in [0.2, 0.25) is 0 Å². The van der Waals surface area contributed by atoms with E-state index in [9.17, 15) is 19.8 Å². The van der Waals surface area contributed by atoms with Gasteiger partial charge in [-0.1, -0.05) is 43.3 Å². The summed E-state index contributed by atoms with van der Waals surface area (Å²) in [5.41, 5.74) is 5.65. The summed E-state index contributed by atoms with van der Waals surface area (Å²) in [7, 11) is 0. The van der Waals surface area contributed by atoms with Gasteiger partial charge in [-0.15, -0.1) is 0 Å². The number of hydrogen-bond acceptors (Lipinski definition) is 6. The van der Waals surface area contributed by atoms with E-state index in [1.165, 1.54) is 12.2 Å². The Labute approximate surface area is 219 Å². The zero-order valence-corrected chi connectivity index (χ0v) is 20.5. The summed E-state index contributed by atoms with van der Waals surface area (Å²) in [6, 6.07) is 24.1. The SMILES string of the molecule is CC1c2cc(OC(=O)/C=C/c3ccc(O)cc3)ccc2-c2ccc(OC(=O)/C=C/c3ccc(O)cc3)cc21. The van der Waals surface area contributed by atoms with Crippen molar-refractivity contribution in [2.75, 3.05) is 0 Å². The van der Waals surface area contributed by atoms with Gasteiger partial charge in [0.1, 0.15) is 23.0 Å². The Morgan fingerprint density at radius 2 is 1.03 bits per heavy atom. The number of fused-ring (bicyclic) bond motifs is 3. The van der Waals surface area contributed by atoms with Crippen LogP contribution >= 0.6 is 0 Å². The number of phenols is 2. The van der Waals surface area contributed by atoms with Crippen molar-refractivity contribution >= 4 is 24.1 Å². The van der Waals surface area contributed by atoms with Gasteiger partial charge >= 0.3 is 11.9 Å². The monoisotopic (exact) mass is 504 g/mol. The molecule has 0 heterocycles. The van der Waals surface area contributed by atoms with Crippen LogP contribution in [0.15, 0.2) is 97.1 Å². The van der Waals surface area contributed by atoms with Gasteiger partial charge in [-0.2, -0.15) is 0 Å². The minimum absolute atomic E-state index is 0.0115. The van der Waals surface area contributed by atoms with E-state index in [1.807, 2.05) is 24.3 Å². The Balaban J connectivity index is 1.26. The first kappa shape index (κ1) is 24.6. The minimum atomic E-state index is -0.504. The van der Waals surface area contributed by atoms with Crippen molar-refractivity contribution in [1.29, 1.82) is 0 Å². The molecule has 0 aliphatic heterocycles. The molecule has 6 nitrogen and oxygen atoms in total. The summed E-state index contributed by atoms with van der Waals surface area (Å²) in [4.78, 5) is 24.7. The Hall–Kier alpha value is -5.10. The van der Waals surface area contributed by atoms with Gasteiger partial charge < -0.3 is 19.7 Å². The first-order valence-corrected chi connectivity index (χ1v) is 12.0. The zero-order valence-electron chi connectivity index (χ0n) is 20.5. The lowest BCUT2D eigenvalue weighted by molar-refractivity contribution is -0.129. The van der Waals surface area contributed by atoms with Crippen molar-refractivity contribution in [1.82, 2.24) is 0 Å². The number of ether oxygens (including phenoxy) is 2. The summed E-state index contributed by atoms with van der Waals surface area (Å²) in [5.74, 6) is 0.199. The van der Waals surface area contributed by atoms with E-state index in [1.54, 1.807) is 72.8 Å². The van der Waals surface area contributed by atoms with Crippen molar-refractivity contribution < 1.29 is 29.3 Å². The van der Waals surface area contributed by atoms with Crippen LogP contribution < -0.4 is 9.47 Å². The number of aromatic hydroxyl groups is 2. The maximum atomic E-state index is 12.3. The second kappa shape index (κ2) is 10.5. The fourth-order valence-electron chi connectivity index (χ4n) is 4.38. The second-order valence-corrected chi connectivity index (χ2v) is 8.91. The molecule has 0 fully saturated rings. The number of phenolic OH excluding ortho intramolecular Hbond substituents is 2. The van der Waals surface area contributed by atoms with Gasteiger partial charge in [0.05, 0.1) is 0 Å². The van der Waals surface area contributed by atoms with Crippen molar-refractivity contribution in [3.63, 3.8) is 0 Å². The smallest absolute Gasteiger partial charge is 0.336 e. The number of rotatable bonds is 6. The lowest BCUT2D eigenvalue weighted by atomic mass is 9.99. The molecule has 188 valence electrons. The van der Waals surface area contributed by atoms with E-state index in [0.29, 0.717) is 11.5 Å². The van der Waals surface area contributed by atoms with Crippen molar-refractivity contribution in [2.45, 2.75) is 12.8 Å². The predicted octanol–water partition coefficient (Wildman–Crippen LogP) is 6.47. The van der Waals surface area contributed by atoms with Crippen LogP contribution in [0.2, 0.25) is 0 Å². The Morgan fingerprint density at radius 1 is 0.632 bits per heavy atom. The molecule has 0 aromatic heterocycles. The number of carbonyl (C=O) groups is 2. The Bertz CT molecular complexity index is 1440. The molecule has 0 atom stereocenters. The first-order chi connectivity index (χ1) is 18.4. The molecule has 0 saturated heterocycles. The van der Waals surface area contributed by atoms with Crippen LogP contribution in [0.5, 0.6) is 23.0 Å². The molecule has 0 bridgehead atoms. The number of esters is 2.